The fourth-order valence-electron chi connectivity index (χ4n) is 4.21. The second kappa shape index (κ2) is 9.96. The van der Waals surface area contributed by atoms with E-state index in [1.54, 1.807) is 41.2 Å². The van der Waals surface area contributed by atoms with Gasteiger partial charge in [-0.3, -0.25) is 14.4 Å². The lowest BCUT2D eigenvalue weighted by atomic mass is 9.92. The van der Waals surface area contributed by atoms with Crippen LogP contribution in [0.2, 0.25) is 0 Å². The first-order chi connectivity index (χ1) is 17.0. The van der Waals surface area contributed by atoms with E-state index in [2.05, 4.69) is 41.0 Å². The summed E-state index contributed by atoms with van der Waals surface area (Å²) in [4.78, 5) is 52.9. The summed E-state index contributed by atoms with van der Waals surface area (Å²) in [5.41, 5.74) is 3.33. The maximum atomic E-state index is 13.2. The summed E-state index contributed by atoms with van der Waals surface area (Å²) in [5, 5.41) is 12.4. The molecule has 1 aliphatic rings. The standard InChI is InChI=1S/C26H32N6O4/c1-26(2,3)9-11-32-14-17-12-16(7-8-18(17)28-20(25(32)36)13-22(33)34)24(35)31(4)15-21-29-19-6-5-10-27-23(19)30-21/h5-8,10,12,20,28H,9,11,13-15H2,1-4H3,(H,33,34)(H,27,29,30)/t20-/m0/s1. The van der Waals surface area contributed by atoms with E-state index in [0.717, 1.165) is 17.5 Å². The number of aromatic nitrogens is 3. The van der Waals surface area contributed by atoms with Gasteiger partial charge in [0.15, 0.2) is 5.65 Å². The molecule has 1 atom stereocenters. The van der Waals surface area contributed by atoms with Crippen LogP contribution in [-0.4, -0.2) is 67.3 Å². The van der Waals surface area contributed by atoms with Gasteiger partial charge in [0.1, 0.15) is 11.9 Å². The molecule has 0 saturated heterocycles. The van der Waals surface area contributed by atoms with E-state index in [9.17, 15) is 19.5 Å². The lowest BCUT2D eigenvalue weighted by Crippen LogP contribution is -2.42. The summed E-state index contributed by atoms with van der Waals surface area (Å²) in [6, 6.07) is 8.05. The number of carbonyl (C=O) groups is 3. The molecule has 4 rings (SSSR count). The number of fused-ring (bicyclic) bond motifs is 2. The van der Waals surface area contributed by atoms with Crippen molar-refractivity contribution < 1.29 is 19.5 Å². The van der Waals surface area contributed by atoms with Crippen molar-refractivity contribution in [3.63, 3.8) is 0 Å². The third-order valence-electron chi connectivity index (χ3n) is 6.20. The molecule has 1 aliphatic heterocycles. The molecular formula is C26H32N6O4. The van der Waals surface area contributed by atoms with Crippen molar-refractivity contribution in [2.45, 2.75) is 52.7 Å². The number of nitrogens with zero attached hydrogens (tertiary/aromatic N) is 4. The molecule has 2 amide bonds. The fourth-order valence-corrected chi connectivity index (χ4v) is 4.21. The number of carboxylic acids is 1. The highest BCUT2D eigenvalue weighted by atomic mass is 16.4. The van der Waals surface area contributed by atoms with E-state index in [1.165, 1.54) is 0 Å². The Balaban J connectivity index is 1.56. The molecule has 3 heterocycles. The van der Waals surface area contributed by atoms with Gasteiger partial charge in [0.05, 0.1) is 18.5 Å². The number of nitrogens with one attached hydrogen (secondary N) is 2. The van der Waals surface area contributed by atoms with E-state index in [1.807, 2.05) is 12.1 Å². The van der Waals surface area contributed by atoms with Crippen LogP contribution in [0.25, 0.3) is 11.2 Å². The van der Waals surface area contributed by atoms with Crippen molar-refractivity contribution in [3.05, 3.63) is 53.5 Å². The summed E-state index contributed by atoms with van der Waals surface area (Å²) in [6.07, 6.45) is 2.11. The number of carbonyl (C=O) groups excluding carboxylic acids is 2. The van der Waals surface area contributed by atoms with Crippen LogP contribution in [0.15, 0.2) is 36.5 Å². The number of hydrogen-bond donors (Lipinski definition) is 3. The van der Waals surface area contributed by atoms with Crippen LogP contribution in [0.5, 0.6) is 0 Å². The Morgan fingerprint density at radius 3 is 2.72 bits per heavy atom. The van der Waals surface area contributed by atoms with E-state index in [0.29, 0.717) is 35.8 Å². The first kappa shape index (κ1) is 25.2. The molecule has 0 bridgehead atoms. The topological polar surface area (TPSA) is 132 Å². The highest BCUT2D eigenvalue weighted by Crippen LogP contribution is 2.28. The van der Waals surface area contributed by atoms with Crippen molar-refractivity contribution in [1.29, 1.82) is 0 Å². The van der Waals surface area contributed by atoms with Gasteiger partial charge in [-0.15, -0.1) is 0 Å². The summed E-state index contributed by atoms with van der Waals surface area (Å²) in [7, 11) is 1.70. The minimum Gasteiger partial charge on any atom is -0.481 e. The molecular weight excluding hydrogens is 460 g/mol. The SMILES string of the molecule is CN(Cc1nc2ncccc2[nH]1)C(=O)c1ccc2c(c1)CN(CCC(C)(C)C)C(=O)[C@H](CC(=O)O)N2. The average molecular weight is 493 g/mol. The molecule has 0 radical (unpaired) electrons. The van der Waals surface area contributed by atoms with Gasteiger partial charge >= 0.3 is 5.97 Å². The molecule has 190 valence electrons. The number of amides is 2. The quantitative estimate of drug-likeness (QED) is 0.461. The smallest absolute Gasteiger partial charge is 0.305 e. The van der Waals surface area contributed by atoms with Gasteiger partial charge in [-0.1, -0.05) is 20.8 Å². The Kier molecular flexibility index (Phi) is 6.96. The number of rotatable bonds is 7. The van der Waals surface area contributed by atoms with Crippen molar-refractivity contribution in [1.82, 2.24) is 24.8 Å². The maximum absolute atomic E-state index is 13.2. The van der Waals surface area contributed by atoms with Crippen molar-refractivity contribution in [2.24, 2.45) is 5.41 Å². The molecule has 0 unspecified atom stereocenters. The van der Waals surface area contributed by atoms with E-state index in [-0.39, 0.29) is 30.2 Å². The zero-order valence-corrected chi connectivity index (χ0v) is 21.0. The Bertz CT molecular complexity index is 1260. The molecule has 0 spiro atoms. The second-order valence-electron chi connectivity index (χ2n) is 10.5. The van der Waals surface area contributed by atoms with E-state index >= 15 is 0 Å². The highest BCUT2D eigenvalue weighted by molar-refractivity contribution is 5.95. The van der Waals surface area contributed by atoms with Gasteiger partial charge in [-0.2, -0.15) is 0 Å². The highest BCUT2D eigenvalue weighted by Gasteiger charge is 2.32. The van der Waals surface area contributed by atoms with Crippen LogP contribution in [0.1, 0.15) is 55.4 Å². The van der Waals surface area contributed by atoms with E-state index < -0.39 is 12.0 Å². The van der Waals surface area contributed by atoms with Crippen molar-refractivity contribution in [2.75, 3.05) is 18.9 Å². The third kappa shape index (κ3) is 5.81. The monoisotopic (exact) mass is 492 g/mol. The van der Waals surface area contributed by atoms with Crippen LogP contribution in [0.4, 0.5) is 5.69 Å². The number of hydrogen-bond acceptors (Lipinski definition) is 6. The molecule has 3 N–H and O–H groups in total. The number of imidazole rings is 1. The van der Waals surface area contributed by atoms with Crippen molar-refractivity contribution >= 4 is 34.6 Å². The van der Waals surface area contributed by atoms with Gasteiger partial charge in [-0.05, 0) is 47.7 Å². The van der Waals surface area contributed by atoms with Crippen molar-refractivity contribution in [3.8, 4) is 0 Å². The lowest BCUT2D eigenvalue weighted by Gasteiger charge is -2.27. The van der Waals surface area contributed by atoms with Gasteiger partial charge < -0.3 is 25.2 Å². The Morgan fingerprint density at radius 2 is 2.03 bits per heavy atom. The molecule has 0 saturated carbocycles. The summed E-state index contributed by atoms with van der Waals surface area (Å²) < 4.78 is 0. The second-order valence-corrected chi connectivity index (χ2v) is 10.5. The number of aliphatic carboxylic acids is 1. The van der Waals surface area contributed by atoms with Gasteiger partial charge in [0.2, 0.25) is 5.91 Å². The molecule has 10 heteroatoms. The Morgan fingerprint density at radius 1 is 1.25 bits per heavy atom. The molecule has 0 aliphatic carbocycles. The minimum absolute atomic E-state index is 0.0117. The van der Waals surface area contributed by atoms with Gasteiger partial charge in [0, 0.05) is 37.6 Å². The Labute approximate surface area is 209 Å². The third-order valence-corrected chi connectivity index (χ3v) is 6.20. The first-order valence-corrected chi connectivity index (χ1v) is 12.0. The normalized spacial score (nSPS) is 15.8. The predicted molar refractivity (Wildman–Crippen MR) is 135 cm³/mol. The number of benzene rings is 1. The fraction of sp³-hybridized carbons (Fsp3) is 0.423. The number of pyridine rings is 1. The van der Waals surface area contributed by atoms with Crippen LogP contribution < -0.4 is 5.32 Å². The molecule has 3 aromatic rings. The molecule has 10 nitrogen and oxygen atoms in total. The van der Waals surface area contributed by atoms with Crippen LogP contribution in [0.3, 0.4) is 0 Å². The van der Waals surface area contributed by atoms with Gasteiger partial charge in [0.25, 0.3) is 5.91 Å². The summed E-state index contributed by atoms with van der Waals surface area (Å²) >= 11 is 0. The van der Waals surface area contributed by atoms with Crippen LogP contribution >= 0.6 is 0 Å². The van der Waals surface area contributed by atoms with Crippen LogP contribution in [0, 0.1) is 5.41 Å². The first-order valence-electron chi connectivity index (χ1n) is 12.0. The number of carboxylic acid groups (broad SMARTS) is 1. The predicted octanol–water partition coefficient (Wildman–Crippen LogP) is 3.26. The van der Waals surface area contributed by atoms with E-state index in [4.69, 9.17) is 0 Å². The lowest BCUT2D eigenvalue weighted by molar-refractivity contribution is -0.141. The summed E-state index contributed by atoms with van der Waals surface area (Å²) in [5.74, 6) is -0.854. The van der Waals surface area contributed by atoms with Crippen LogP contribution in [-0.2, 0) is 22.7 Å². The molecule has 0 fully saturated rings. The number of H-pyrrole nitrogens is 1. The average Bonchev–Trinajstić information content (AvgIpc) is 3.16. The zero-order chi connectivity index (χ0) is 26.0. The number of aromatic amines is 1. The van der Waals surface area contributed by atoms with Gasteiger partial charge in [-0.25, -0.2) is 9.97 Å². The summed E-state index contributed by atoms with van der Waals surface area (Å²) in [6.45, 7) is 7.37. The zero-order valence-electron chi connectivity index (χ0n) is 21.0. The number of anilines is 1. The molecule has 1 aromatic carbocycles. The minimum atomic E-state index is -1.05. The Hall–Kier alpha value is -3.95. The largest absolute Gasteiger partial charge is 0.481 e. The molecule has 2 aromatic heterocycles. The molecule has 36 heavy (non-hydrogen) atoms. The maximum Gasteiger partial charge on any atom is 0.305 e.